The van der Waals surface area contributed by atoms with Gasteiger partial charge >= 0.3 is 0 Å². The number of hydrogen-bond acceptors (Lipinski definition) is 2. The molecule has 2 rings (SSSR count). The van der Waals surface area contributed by atoms with Gasteiger partial charge in [-0.15, -0.1) is 0 Å². The molecule has 94 valence electrons. The third-order valence-electron chi connectivity index (χ3n) is 4.61. The summed E-state index contributed by atoms with van der Waals surface area (Å²) in [6, 6.07) is 0.845. The number of nitrogens with zero attached hydrogens (tertiary/aromatic N) is 2. The van der Waals surface area contributed by atoms with Gasteiger partial charge in [-0.1, -0.05) is 13.8 Å². The Hall–Kier alpha value is -0.0800. The molecule has 0 spiro atoms. The second-order valence-electron chi connectivity index (χ2n) is 5.97. The largest absolute Gasteiger partial charge is 0.304 e. The van der Waals surface area contributed by atoms with E-state index in [4.69, 9.17) is 1.37 Å². The van der Waals surface area contributed by atoms with E-state index in [1.807, 2.05) is 0 Å². The van der Waals surface area contributed by atoms with Gasteiger partial charge in [0.05, 0.1) is 0 Å². The van der Waals surface area contributed by atoms with Gasteiger partial charge in [0, 0.05) is 33.6 Å². The molecule has 2 nitrogen and oxygen atoms in total. The highest BCUT2D eigenvalue weighted by Gasteiger charge is 2.28. The van der Waals surface area contributed by atoms with Crippen LogP contribution in [0.25, 0.3) is 0 Å². The lowest BCUT2D eigenvalue weighted by Gasteiger charge is -2.41. The third kappa shape index (κ3) is 2.98. The van der Waals surface area contributed by atoms with Gasteiger partial charge in [0.2, 0.25) is 0 Å². The van der Waals surface area contributed by atoms with Gasteiger partial charge in [-0.3, -0.25) is 4.90 Å². The summed E-state index contributed by atoms with van der Waals surface area (Å²) < 4.78 is 7.39. The van der Waals surface area contributed by atoms with Gasteiger partial charge in [-0.2, -0.15) is 0 Å². The zero-order valence-corrected chi connectivity index (χ0v) is 11.0. The topological polar surface area (TPSA) is 6.48 Å². The highest BCUT2D eigenvalue weighted by atomic mass is 15.3. The quantitative estimate of drug-likeness (QED) is 0.712. The first-order valence-electron chi connectivity index (χ1n) is 7.67. The second kappa shape index (κ2) is 5.50. The fourth-order valence-corrected chi connectivity index (χ4v) is 3.26. The molecule has 1 saturated carbocycles. The summed E-state index contributed by atoms with van der Waals surface area (Å²) in [6.45, 7) is 9.34. The minimum atomic E-state index is 0.480. The fraction of sp³-hybridized carbons (Fsp3) is 1.00. The number of piperazine rings is 1. The molecule has 0 radical (unpaired) electrons. The molecule has 2 fully saturated rings. The number of hydrogen-bond donors (Lipinski definition) is 0. The number of rotatable bonds is 2. The molecule has 16 heavy (non-hydrogen) atoms. The van der Waals surface area contributed by atoms with Crippen LogP contribution in [0.15, 0.2) is 0 Å². The van der Waals surface area contributed by atoms with Crippen LogP contribution in [0.4, 0.5) is 0 Å². The van der Waals surface area contributed by atoms with Crippen molar-refractivity contribution < 1.29 is 1.37 Å². The lowest BCUT2D eigenvalue weighted by Crippen LogP contribution is -2.50. The Morgan fingerprint density at radius 3 is 2.12 bits per heavy atom. The van der Waals surface area contributed by atoms with E-state index in [1.165, 1.54) is 38.8 Å². The first kappa shape index (κ1) is 11.0. The van der Waals surface area contributed by atoms with Crippen molar-refractivity contribution in [3.05, 3.63) is 0 Å². The van der Waals surface area contributed by atoms with E-state index in [2.05, 4.69) is 23.6 Å². The molecule has 0 aromatic carbocycles. The molecule has 0 unspecified atom stereocenters. The van der Waals surface area contributed by atoms with E-state index in [0.29, 0.717) is 7.02 Å². The fourth-order valence-electron chi connectivity index (χ4n) is 3.26. The molecule has 1 aliphatic carbocycles. The molecule has 1 saturated heterocycles. The SMILES string of the molecule is [2H]CN1CCN(C2CCC(C(C)C)CC2)CC1. The third-order valence-corrected chi connectivity index (χ3v) is 4.61. The molecular formula is C14H28N2. The second-order valence-corrected chi connectivity index (χ2v) is 5.97. The van der Waals surface area contributed by atoms with Gasteiger partial charge in [0.1, 0.15) is 0 Å². The molecule has 0 amide bonds. The molecule has 2 heteroatoms. The predicted octanol–water partition coefficient (Wildman–Crippen LogP) is 2.45. The average molecular weight is 225 g/mol. The molecule has 0 aromatic rings. The summed E-state index contributed by atoms with van der Waals surface area (Å²) in [5.41, 5.74) is 0. The van der Waals surface area contributed by atoms with Crippen LogP contribution in [-0.4, -0.2) is 49.0 Å². The maximum Gasteiger partial charge on any atom is 0.0394 e. The number of likely N-dealkylation sites (N-methyl/N-ethyl adjacent to an activating group) is 1. The van der Waals surface area contributed by atoms with Gasteiger partial charge in [-0.05, 0) is 44.5 Å². The van der Waals surface area contributed by atoms with E-state index in [1.54, 1.807) is 0 Å². The van der Waals surface area contributed by atoms with E-state index in [-0.39, 0.29) is 0 Å². The lowest BCUT2D eigenvalue weighted by molar-refractivity contribution is 0.0752. The van der Waals surface area contributed by atoms with E-state index < -0.39 is 0 Å². The minimum absolute atomic E-state index is 0.480. The van der Waals surface area contributed by atoms with Crippen LogP contribution in [0.2, 0.25) is 0 Å². The van der Waals surface area contributed by atoms with Crippen molar-refractivity contribution in [3.8, 4) is 0 Å². The predicted molar refractivity (Wildman–Crippen MR) is 69.7 cm³/mol. The van der Waals surface area contributed by atoms with Gasteiger partial charge < -0.3 is 4.90 Å². The first-order valence-corrected chi connectivity index (χ1v) is 6.96. The summed E-state index contributed by atoms with van der Waals surface area (Å²) >= 11 is 0. The summed E-state index contributed by atoms with van der Waals surface area (Å²) in [5, 5.41) is 0. The van der Waals surface area contributed by atoms with Gasteiger partial charge in [0.25, 0.3) is 0 Å². The summed E-state index contributed by atoms with van der Waals surface area (Å²) in [7, 11) is 0.480. The summed E-state index contributed by atoms with van der Waals surface area (Å²) in [6.07, 6.45) is 5.68. The highest BCUT2D eigenvalue weighted by Crippen LogP contribution is 2.32. The van der Waals surface area contributed by atoms with Crippen LogP contribution in [0.3, 0.4) is 0 Å². The molecular weight excluding hydrogens is 196 g/mol. The molecule has 1 aliphatic heterocycles. The lowest BCUT2D eigenvalue weighted by atomic mass is 9.79. The summed E-state index contributed by atoms with van der Waals surface area (Å²) in [5.74, 6) is 1.84. The highest BCUT2D eigenvalue weighted by molar-refractivity contribution is 4.83. The van der Waals surface area contributed by atoms with E-state index in [9.17, 15) is 0 Å². The molecule has 1 heterocycles. The van der Waals surface area contributed by atoms with Crippen molar-refractivity contribution in [3.63, 3.8) is 0 Å². The smallest absolute Gasteiger partial charge is 0.0394 e. The van der Waals surface area contributed by atoms with Crippen LogP contribution < -0.4 is 0 Å². The Morgan fingerprint density at radius 1 is 1.00 bits per heavy atom. The van der Waals surface area contributed by atoms with Crippen molar-refractivity contribution in [1.29, 1.82) is 0 Å². The van der Waals surface area contributed by atoms with E-state index >= 15 is 0 Å². The maximum atomic E-state index is 7.39. The van der Waals surface area contributed by atoms with Gasteiger partial charge in [-0.25, -0.2) is 0 Å². The Bertz CT molecular complexity index is 216. The van der Waals surface area contributed by atoms with Crippen LogP contribution in [-0.2, 0) is 0 Å². The first-order chi connectivity index (χ1) is 8.20. The van der Waals surface area contributed by atoms with Crippen LogP contribution in [0.5, 0.6) is 0 Å². The van der Waals surface area contributed by atoms with Crippen molar-refractivity contribution in [2.24, 2.45) is 11.8 Å². The monoisotopic (exact) mass is 225 g/mol. The zero-order chi connectivity index (χ0) is 12.3. The van der Waals surface area contributed by atoms with Crippen LogP contribution in [0.1, 0.15) is 40.9 Å². The van der Waals surface area contributed by atoms with Crippen molar-refractivity contribution >= 4 is 0 Å². The summed E-state index contributed by atoms with van der Waals surface area (Å²) in [4.78, 5) is 4.93. The molecule has 0 atom stereocenters. The zero-order valence-electron chi connectivity index (χ0n) is 12.0. The Morgan fingerprint density at radius 2 is 1.62 bits per heavy atom. The van der Waals surface area contributed by atoms with Crippen molar-refractivity contribution in [1.82, 2.24) is 9.80 Å². The van der Waals surface area contributed by atoms with Crippen molar-refractivity contribution in [2.75, 3.05) is 33.2 Å². The minimum Gasteiger partial charge on any atom is -0.304 e. The molecule has 0 N–H and O–H groups in total. The Kier molecular flexibility index (Phi) is 3.80. The van der Waals surface area contributed by atoms with E-state index in [0.717, 1.165) is 31.0 Å². The Balaban J connectivity index is 1.74. The average Bonchev–Trinajstić information content (AvgIpc) is 2.39. The molecule has 0 aromatic heterocycles. The molecule has 2 aliphatic rings. The Labute approximate surface area is 102 Å². The van der Waals surface area contributed by atoms with Crippen molar-refractivity contribution in [2.45, 2.75) is 45.6 Å². The van der Waals surface area contributed by atoms with Crippen LogP contribution in [0, 0.1) is 11.8 Å². The normalized spacial score (nSPS) is 35.3. The van der Waals surface area contributed by atoms with Crippen LogP contribution >= 0.6 is 0 Å². The molecule has 0 bridgehead atoms. The maximum absolute atomic E-state index is 7.39. The van der Waals surface area contributed by atoms with Gasteiger partial charge in [0.15, 0.2) is 0 Å². The standard InChI is InChI=1S/C14H28N2/c1-12(2)13-4-6-14(7-5-13)16-10-8-15(3)9-11-16/h12-14H,4-11H2,1-3H3/i3D.